The number of hydrogen-bond donors (Lipinski definition) is 0. The van der Waals surface area contributed by atoms with Crippen LogP contribution in [0.3, 0.4) is 0 Å². The molecule has 0 aliphatic rings. The molecule has 0 N–H and O–H groups in total. The molecule has 1 nitrogen and oxygen atoms in total. The second-order valence-electron chi connectivity index (χ2n) is 5.08. The van der Waals surface area contributed by atoms with E-state index in [1.54, 1.807) is 0 Å². The van der Waals surface area contributed by atoms with Crippen molar-refractivity contribution in [1.82, 2.24) is 4.90 Å². The molecule has 0 heterocycles. The largest absolute Gasteiger partial charge is 0.307 e. The van der Waals surface area contributed by atoms with E-state index in [1.165, 1.54) is 77.3 Å². The van der Waals surface area contributed by atoms with Crippen LogP contribution in [0, 0.1) is 0 Å². The molecule has 0 unspecified atom stereocenters. The number of nitrogens with zero attached hydrogens (tertiary/aromatic N) is 1. The van der Waals surface area contributed by atoms with Crippen molar-refractivity contribution in [2.75, 3.05) is 20.1 Å². The van der Waals surface area contributed by atoms with Crippen molar-refractivity contribution in [2.24, 2.45) is 0 Å². The first-order valence-electron chi connectivity index (χ1n) is 7.49. The summed E-state index contributed by atoms with van der Waals surface area (Å²) in [5, 5.41) is 0. The monoisotopic (exact) mass is 263 g/mol. The smallest absolute Gasteiger partial charge is 0.00219 e. The Kier molecular flexibility index (Phi) is 18.7. The second kappa shape index (κ2) is 16.2. The molecule has 106 valence electrons. The molecule has 0 aliphatic heterocycles. The first-order chi connectivity index (χ1) is 7.81. The Balaban J connectivity index is 0. The van der Waals surface area contributed by atoms with Crippen molar-refractivity contribution in [3.05, 3.63) is 0 Å². The van der Waals surface area contributed by atoms with Gasteiger partial charge in [0.15, 0.2) is 0 Å². The normalized spacial score (nSPS) is 10.6. The van der Waals surface area contributed by atoms with E-state index in [4.69, 9.17) is 0 Å². The molecule has 0 bridgehead atoms. The van der Waals surface area contributed by atoms with Gasteiger partial charge in [-0.3, -0.25) is 0 Å². The van der Waals surface area contributed by atoms with E-state index < -0.39 is 0 Å². The summed E-state index contributed by atoms with van der Waals surface area (Å²) in [6.45, 7) is 6.99. The van der Waals surface area contributed by atoms with E-state index in [0.29, 0.717) is 0 Å². The quantitative estimate of drug-likeness (QED) is 0.433. The minimum atomic E-state index is 0. The van der Waals surface area contributed by atoms with Gasteiger partial charge in [0.25, 0.3) is 0 Å². The average molecular weight is 264 g/mol. The van der Waals surface area contributed by atoms with Crippen molar-refractivity contribution >= 4 is 12.4 Å². The highest BCUT2D eigenvalue weighted by Crippen LogP contribution is 2.10. The van der Waals surface area contributed by atoms with E-state index >= 15 is 0 Å². The summed E-state index contributed by atoms with van der Waals surface area (Å²) in [7, 11) is 2.22. The molecule has 0 aromatic rings. The fourth-order valence-corrected chi connectivity index (χ4v) is 2.03. The Hall–Kier alpha value is 0.250. The first kappa shape index (κ1) is 19.6. The molecule has 0 aromatic carbocycles. The minimum Gasteiger partial charge on any atom is -0.307 e. The topological polar surface area (TPSA) is 3.24 Å². The Morgan fingerprint density at radius 1 is 0.647 bits per heavy atom. The molecular weight excluding hydrogens is 230 g/mol. The Morgan fingerprint density at radius 3 is 1.47 bits per heavy atom. The molecule has 0 aromatic heterocycles. The highest BCUT2D eigenvalue weighted by molar-refractivity contribution is 5.85. The standard InChI is InChI=1S/C15H33N.ClH/c1-4-6-7-8-9-10-11-12-13-14-15-16(3)5-2;/h4-15H2,1-3H3;1H. The van der Waals surface area contributed by atoms with Gasteiger partial charge in [0.05, 0.1) is 0 Å². The van der Waals surface area contributed by atoms with Crippen LogP contribution < -0.4 is 0 Å². The average Bonchev–Trinajstić information content (AvgIpc) is 2.31. The summed E-state index contributed by atoms with van der Waals surface area (Å²) < 4.78 is 0. The molecule has 0 amide bonds. The molecule has 0 atom stereocenters. The minimum absolute atomic E-state index is 0. The van der Waals surface area contributed by atoms with Gasteiger partial charge in [-0.1, -0.05) is 71.6 Å². The lowest BCUT2D eigenvalue weighted by molar-refractivity contribution is 0.340. The second-order valence-corrected chi connectivity index (χ2v) is 5.08. The SMILES string of the molecule is CCCCCCCCCCCCN(C)CC.Cl. The van der Waals surface area contributed by atoms with Gasteiger partial charge in [-0.25, -0.2) is 0 Å². The predicted molar refractivity (Wildman–Crippen MR) is 82.3 cm³/mol. The van der Waals surface area contributed by atoms with Crippen LogP contribution >= 0.6 is 12.4 Å². The zero-order valence-electron chi connectivity index (χ0n) is 12.3. The van der Waals surface area contributed by atoms with Gasteiger partial charge < -0.3 is 4.90 Å². The van der Waals surface area contributed by atoms with Crippen LogP contribution in [0.1, 0.15) is 78.1 Å². The van der Waals surface area contributed by atoms with Crippen LogP contribution in [-0.4, -0.2) is 25.0 Å². The maximum Gasteiger partial charge on any atom is -0.00219 e. The number of hydrogen-bond acceptors (Lipinski definition) is 1. The van der Waals surface area contributed by atoms with Crippen LogP contribution in [0.5, 0.6) is 0 Å². The van der Waals surface area contributed by atoms with Gasteiger partial charge in [-0.2, -0.15) is 0 Å². The Bertz CT molecular complexity index is 128. The molecule has 0 saturated carbocycles. The van der Waals surface area contributed by atoms with Crippen molar-refractivity contribution < 1.29 is 0 Å². The lowest BCUT2D eigenvalue weighted by Gasteiger charge is -2.12. The van der Waals surface area contributed by atoms with E-state index in [2.05, 4.69) is 25.8 Å². The van der Waals surface area contributed by atoms with Gasteiger partial charge in [0.2, 0.25) is 0 Å². The van der Waals surface area contributed by atoms with Gasteiger partial charge in [-0.15, -0.1) is 12.4 Å². The molecule has 0 aliphatic carbocycles. The molecular formula is C15H34ClN. The summed E-state index contributed by atoms with van der Waals surface area (Å²) in [6.07, 6.45) is 14.4. The molecule has 0 saturated heterocycles. The highest BCUT2D eigenvalue weighted by atomic mass is 35.5. The third-order valence-electron chi connectivity index (χ3n) is 3.43. The lowest BCUT2D eigenvalue weighted by Crippen LogP contribution is -2.18. The van der Waals surface area contributed by atoms with E-state index in [9.17, 15) is 0 Å². The fraction of sp³-hybridized carbons (Fsp3) is 1.00. The maximum atomic E-state index is 2.41. The van der Waals surface area contributed by atoms with Gasteiger partial charge in [0, 0.05) is 0 Å². The predicted octanol–water partition coefficient (Wildman–Crippen LogP) is 5.28. The van der Waals surface area contributed by atoms with Crippen molar-refractivity contribution in [3.63, 3.8) is 0 Å². The molecule has 2 heteroatoms. The summed E-state index contributed by atoms with van der Waals surface area (Å²) in [5.41, 5.74) is 0. The zero-order chi connectivity index (χ0) is 12.1. The summed E-state index contributed by atoms with van der Waals surface area (Å²) >= 11 is 0. The lowest BCUT2D eigenvalue weighted by atomic mass is 10.1. The molecule has 17 heavy (non-hydrogen) atoms. The van der Waals surface area contributed by atoms with Crippen molar-refractivity contribution in [1.29, 1.82) is 0 Å². The van der Waals surface area contributed by atoms with Crippen LogP contribution in [-0.2, 0) is 0 Å². The van der Waals surface area contributed by atoms with Crippen molar-refractivity contribution in [3.8, 4) is 0 Å². The zero-order valence-corrected chi connectivity index (χ0v) is 13.2. The van der Waals surface area contributed by atoms with Gasteiger partial charge in [0.1, 0.15) is 0 Å². The van der Waals surface area contributed by atoms with Crippen LogP contribution in [0.15, 0.2) is 0 Å². The van der Waals surface area contributed by atoms with Gasteiger partial charge in [-0.05, 0) is 26.6 Å². The van der Waals surface area contributed by atoms with Crippen LogP contribution in [0.2, 0.25) is 0 Å². The first-order valence-corrected chi connectivity index (χ1v) is 7.49. The third-order valence-corrected chi connectivity index (χ3v) is 3.43. The van der Waals surface area contributed by atoms with Crippen molar-refractivity contribution in [2.45, 2.75) is 78.1 Å². The molecule has 0 radical (unpaired) electrons. The number of unbranched alkanes of at least 4 members (excludes halogenated alkanes) is 9. The Morgan fingerprint density at radius 2 is 1.06 bits per heavy atom. The van der Waals surface area contributed by atoms with E-state index in [-0.39, 0.29) is 12.4 Å². The maximum absolute atomic E-state index is 2.41. The summed E-state index contributed by atoms with van der Waals surface area (Å²) in [4.78, 5) is 2.41. The van der Waals surface area contributed by atoms with Crippen LogP contribution in [0.4, 0.5) is 0 Å². The summed E-state index contributed by atoms with van der Waals surface area (Å²) in [5.74, 6) is 0. The van der Waals surface area contributed by atoms with E-state index in [1.807, 2.05) is 0 Å². The third kappa shape index (κ3) is 16.2. The Labute approximate surface area is 116 Å². The highest BCUT2D eigenvalue weighted by Gasteiger charge is 1.95. The summed E-state index contributed by atoms with van der Waals surface area (Å²) in [6, 6.07) is 0. The number of rotatable bonds is 12. The molecule has 0 spiro atoms. The number of halogens is 1. The van der Waals surface area contributed by atoms with Crippen LogP contribution in [0.25, 0.3) is 0 Å². The molecule has 0 rings (SSSR count). The molecule has 0 fully saturated rings. The van der Waals surface area contributed by atoms with E-state index in [0.717, 1.165) is 0 Å². The van der Waals surface area contributed by atoms with Gasteiger partial charge >= 0.3 is 0 Å². The fourth-order valence-electron chi connectivity index (χ4n) is 2.03.